The molecule has 106 valence electrons. The maximum absolute atomic E-state index is 6.20. The fourth-order valence-corrected chi connectivity index (χ4v) is 2.57. The van der Waals surface area contributed by atoms with Crippen LogP contribution < -0.4 is 5.73 Å². The van der Waals surface area contributed by atoms with Crippen molar-refractivity contribution in [2.45, 2.75) is 6.54 Å². The predicted octanol–water partition coefficient (Wildman–Crippen LogP) is 4.49. The van der Waals surface area contributed by atoms with Crippen LogP contribution in [-0.4, -0.2) is 9.78 Å². The first-order chi connectivity index (χ1) is 10.1. The Kier molecular flexibility index (Phi) is 3.86. The van der Waals surface area contributed by atoms with Crippen LogP contribution in [0.25, 0.3) is 11.1 Å². The van der Waals surface area contributed by atoms with Gasteiger partial charge in [0.1, 0.15) is 0 Å². The molecule has 0 saturated carbocycles. The standard InChI is InChI=1S/C16H13Cl2N3/c17-14-6-3-4-11(16(14)18)9-21-10-12(8-20-21)13-5-1-2-7-15(13)19/h1-8,10H,9,19H2. The average molecular weight is 318 g/mol. The van der Waals surface area contributed by atoms with Crippen molar-refractivity contribution in [1.82, 2.24) is 9.78 Å². The van der Waals surface area contributed by atoms with Crippen LogP contribution in [0.4, 0.5) is 5.69 Å². The number of para-hydroxylation sites is 1. The Hall–Kier alpha value is -1.97. The highest BCUT2D eigenvalue weighted by Gasteiger charge is 2.08. The molecule has 3 nitrogen and oxygen atoms in total. The Labute approximate surface area is 132 Å². The third-order valence-corrected chi connectivity index (χ3v) is 4.13. The second kappa shape index (κ2) is 5.80. The monoisotopic (exact) mass is 317 g/mol. The number of hydrogen-bond donors (Lipinski definition) is 1. The molecule has 2 N–H and O–H groups in total. The zero-order valence-corrected chi connectivity index (χ0v) is 12.6. The van der Waals surface area contributed by atoms with E-state index in [1.165, 1.54) is 0 Å². The highest BCUT2D eigenvalue weighted by atomic mass is 35.5. The van der Waals surface area contributed by atoms with E-state index >= 15 is 0 Å². The molecule has 0 saturated heterocycles. The first kappa shape index (κ1) is 14.0. The van der Waals surface area contributed by atoms with Crippen molar-refractivity contribution in [1.29, 1.82) is 0 Å². The van der Waals surface area contributed by atoms with E-state index in [-0.39, 0.29) is 0 Å². The van der Waals surface area contributed by atoms with Crippen molar-refractivity contribution < 1.29 is 0 Å². The Balaban J connectivity index is 1.89. The zero-order valence-electron chi connectivity index (χ0n) is 11.1. The molecule has 5 heteroatoms. The number of nitrogen functional groups attached to an aromatic ring is 1. The minimum Gasteiger partial charge on any atom is -0.398 e. The van der Waals surface area contributed by atoms with Crippen LogP contribution in [0.2, 0.25) is 10.0 Å². The molecular weight excluding hydrogens is 305 g/mol. The van der Waals surface area contributed by atoms with Gasteiger partial charge in [0, 0.05) is 23.0 Å². The highest BCUT2D eigenvalue weighted by Crippen LogP contribution is 2.28. The van der Waals surface area contributed by atoms with Crippen molar-refractivity contribution in [3.8, 4) is 11.1 Å². The van der Waals surface area contributed by atoms with E-state index in [4.69, 9.17) is 28.9 Å². The number of aromatic nitrogens is 2. The van der Waals surface area contributed by atoms with E-state index < -0.39 is 0 Å². The summed E-state index contributed by atoms with van der Waals surface area (Å²) in [6.45, 7) is 0.562. The van der Waals surface area contributed by atoms with Gasteiger partial charge in [-0.25, -0.2) is 0 Å². The second-order valence-electron chi connectivity index (χ2n) is 4.73. The molecule has 3 rings (SSSR count). The Bertz CT molecular complexity index is 781. The third-order valence-electron chi connectivity index (χ3n) is 3.27. The predicted molar refractivity (Wildman–Crippen MR) is 87.6 cm³/mol. The quantitative estimate of drug-likeness (QED) is 0.723. The molecule has 21 heavy (non-hydrogen) atoms. The number of halogens is 2. The number of nitrogens with two attached hydrogens (primary N) is 1. The van der Waals surface area contributed by atoms with E-state index in [1.54, 1.807) is 12.3 Å². The second-order valence-corrected chi connectivity index (χ2v) is 5.51. The fraction of sp³-hybridized carbons (Fsp3) is 0.0625. The summed E-state index contributed by atoms with van der Waals surface area (Å²) in [6.07, 6.45) is 3.74. The van der Waals surface area contributed by atoms with Gasteiger partial charge in [-0.1, -0.05) is 53.5 Å². The summed E-state index contributed by atoms with van der Waals surface area (Å²) in [5.74, 6) is 0. The number of nitrogens with zero attached hydrogens (tertiary/aromatic N) is 2. The fourth-order valence-electron chi connectivity index (χ4n) is 2.19. The summed E-state index contributed by atoms with van der Waals surface area (Å²) in [5, 5.41) is 5.47. The van der Waals surface area contributed by atoms with Crippen molar-refractivity contribution in [3.63, 3.8) is 0 Å². The Morgan fingerprint density at radius 2 is 1.86 bits per heavy atom. The molecule has 1 aromatic heterocycles. The zero-order chi connectivity index (χ0) is 14.8. The molecule has 0 aliphatic rings. The lowest BCUT2D eigenvalue weighted by atomic mass is 10.1. The Morgan fingerprint density at radius 1 is 1.05 bits per heavy atom. The van der Waals surface area contributed by atoms with Crippen LogP contribution >= 0.6 is 23.2 Å². The lowest BCUT2D eigenvalue weighted by Gasteiger charge is -2.06. The molecule has 0 aliphatic carbocycles. The van der Waals surface area contributed by atoms with Crippen LogP contribution in [0.1, 0.15) is 5.56 Å². The van der Waals surface area contributed by atoms with Gasteiger partial charge in [-0.3, -0.25) is 4.68 Å². The maximum Gasteiger partial charge on any atom is 0.0674 e. The molecule has 0 fully saturated rings. The van der Waals surface area contributed by atoms with Gasteiger partial charge in [0.2, 0.25) is 0 Å². The van der Waals surface area contributed by atoms with Crippen LogP contribution in [0.5, 0.6) is 0 Å². The van der Waals surface area contributed by atoms with Crippen LogP contribution in [0, 0.1) is 0 Å². The summed E-state index contributed by atoms with van der Waals surface area (Å²) in [6, 6.07) is 13.3. The summed E-state index contributed by atoms with van der Waals surface area (Å²) >= 11 is 12.2. The van der Waals surface area contributed by atoms with Gasteiger partial charge in [-0.2, -0.15) is 5.10 Å². The third kappa shape index (κ3) is 2.89. The molecule has 3 aromatic rings. The molecule has 2 aromatic carbocycles. The van der Waals surface area contributed by atoms with E-state index in [1.807, 2.05) is 47.3 Å². The molecule has 0 spiro atoms. The van der Waals surface area contributed by atoms with Gasteiger partial charge in [-0.15, -0.1) is 0 Å². The van der Waals surface area contributed by atoms with Crippen molar-refractivity contribution in [2.24, 2.45) is 0 Å². The number of anilines is 1. The Morgan fingerprint density at radius 3 is 2.67 bits per heavy atom. The van der Waals surface area contributed by atoms with Crippen LogP contribution in [0.3, 0.4) is 0 Å². The number of benzene rings is 2. The van der Waals surface area contributed by atoms with Gasteiger partial charge >= 0.3 is 0 Å². The first-order valence-electron chi connectivity index (χ1n) is 6.45. The van der Waals surface area contributed by atoms with Gasteiger partial charge in [0.25, 0.3) is 0 Å². The summed E-state index contributed by atoms with van der Waals surface area (Å²) < 4.78 is 1.82. The summed E-state index contributed by atoms with van der Waals surface area (Å²) in [4.78, 5) is 0. The van der Waals surface area contributed by atoms with Gasteiger partial charge < -0.3 is 5.73 Å². The van der Waals surface area contributed by atoms with Gasteiger partial charge in [0.15, 0.2) is 0 Å². The van der Waals surface area contributed by atoms with Crippen LogP contribution in [-0.2, 0) is 6.54 Å². The smallest absolute Gasteiger partial charge is 0.0674 e. The average Bonchev–Trinajstić information content (AvgIpc) is 2.93. The van der Waals surface area contributed by atoms with E-state index in [0.717, 1.165) is 22.4 Å². The molecule has 0 radical (unpaired) electrons. The van der Waals surface area contributed by atoms with E-state index in [0.29, 0.717) is 16.6 Å². The minimum atomic E-state index is 0.550. The molecule has 0 unspecified atom stereocenters. The first-order valence-corrected chi connectivity index (χ1v) is 7.21. The normalized spacial score (nSPS) is 10.8. The largest absolute Gasteiger partial charge is 0.398 e. The summed E-state index contributed by atoms with van der Waals surface area (Å²) in [7, 11) is 0. The molecule has 0 aliphatic heterocycles. The molecule has 0 bridgehead atoms. The number of hydrogen-bond acceptors (Lipinski definition) is 2. The van der Waals surface area contributed by atoms with Crippen molar-refractivity contribution in [2.75, 3.05) is 5.73 Å². The number of rotatable bonds is 3. The van der Waals surface area contributed by atoms with Crippen molar-refractivity contribution >= 4 is 28.9 Å². The molecular formula is C16H13Cl2N3. The highest BCUT2D eigenvalue weighted by molar-refractivity contribution is 6.42. The molecule has 1 heterocycles. The van der Waals surface area contributed by atoms with E-state index in [9.17, 15) is 0 Å². The lowest BCUT2D eigenvalue weighted by Crippen LogP contribution is -2.00. The molecule has 0 amide bonds. The van der Waals surface area contributed by atoms with Gasteiger partial charge in [-0.05, 0) is 17.7 Å². The summed E-state index contributed by atoms with van der Waals surface area (Å²) in [5.41, 5.74) is 9.60. The lowest BCUT2D eigenvalue weighted by molar-refractivity contribution is 0.687. The van der Waals surface area contributed by atoms with E-state index in [2.05, 4.69) is 5.10 Å². The minimum absolute atomic E-state index is 0.550. The topological polar surface area (TPSA) is 43.8 Å². The maximum atomic E-state index is 6.20. The van der Waals surface area contributed by atoms with Crippen LogP contribution in [0.15, 0.2) is 54.9 Å². The molecule has 0 atom stereocenters. The van der Waals surface area contributed by atoms with Gasteiger partial charge in [0.05, 0.1) is 22.8 Å². The SMILES string of the molecule is Nc1ccccc1-c1cnn(Cc2cccc(Cl)c2Cl)c1. The van der Waals surface area contributed by atoms with Crippen molar-refractivity contribution in [3.05, 3.63) is 70.5 Å².